The highest BCUT2D eigenvalue weighted by Gasteiger charge is 2.14. The van der Waals surface area contributed by atoms with Crippen molar-refractivity contribution in [3.63, 3.8) is 0 Å². The first-order valence-corrected chi connectivity index (χ1v) is 6.92. The van der Waals surface area contributed by atoms with Crippen LogP contribution in [0.2, 0.25) is 0 Å². The SMILES string of the molecule is Oc1oc(-c2ccccc2Br)nc1C=Nc1cccnc1. The molecule has 2 aromatic heterocycles. The zero-order chi connectivity index (χ0) is 14.7. The molecule has 3 rings (SSSR count). The maximum atomic E-state index is 9.81. The molecule has 5 nitrogen and oxygen atoms in total. The first-order valence-electron chi connectivity index (χ1n) is 6.13. The highest BCUT2D eigenvalue weighted by molar-refractivity contribution is 9.10. The largest absolute Gasteiger partial charge is 0.479 e. The highest BCUT2D eigenvalue weighted by atomic mass is 79.9. The molecule has 0 fully saturated rings. The molecule has 0 spiro atoms. The van der Waals surface area contributed by atoms with Crippen LogP contribution in [-0.4, -0.2) is 21.3 Å². The Morgan fingerprint density at radius 1 is 1.19 bits per heavy atom. The summed E-state index contributed by atoms with van der Waals surface area (Å²) in [6.07, 6.45) is 4.72. The van der Waals surface area contributed by atoms with Gasteiger partial charge < -0.3 is 9.52 Å². The van der Waals surface area contributed by atoms with Crippen LogP contribution in [0, 0.1) is 0 Å². The molecule has 6 heteroatoms. The molecule has 0 atom stereocenters. The van der Waals surface area contributed by atoms with E-state index in [1.165, 1.54) is 6.21 Å². The Balaban J connectivity index is 1.92. The summed E-state index contributed by atoms with van der Waals surface area (Å²) in [5, 5.41) is 9.81. The van der Waals surface area contributed by atoms with E-state index in [9.17, 15) is 5.11 Å². The van der Waals surface area contributed by atoms with Gasteiger partial charge in [-0.25, -0.2) is 4.98 Å². The molecular weight excluding hydrogens is 334 g/mol. The van der Waals surface area contributed by atoms with Gasteiger partial charge in [-0.05, 0) is 40.2 Å². The molecule has 0 amide bonds. The number of nitrogens with zero attached hydrogens (tertiary/aromatic N) is 3. The van der Waals surface area contributed by atoms with Gasteiger partial charge in [-0.15, -0.1) is 0 Å². The van der Waals surface area contributed by atoms with Gasteiger partial charge in [0.1, 0.15) is 0 Å². The molecule has 0 unspecified atom stereocenters. The molecule has 1 N–H and O–H groups in total. The van der Waals surface area contributed by atoms with E-state index in [0.717, 1.165) is 10.0 Å². The lowest BCUT2D eigenvalue weighted by Gasteiger charge is -1.96. The normalized spacial score (nSPS) is 11.1. The Bertz CT molecular complexity index is 785. The first kappa shape index (κ1) is 13.5. The Morgan fingerprint density at radius 3 is 2.81 bits per heavy atom. The molecule has 2 heterocycles. The molecule has 3 aromatic rings. The molecular formula is C15H10BrN3O2. The summed E-state index contributed by atoms with van der Waals surface area (Å²) in [7, 11) is 0. The molecule has 0 radical (unpaired) electrons. The van der Waals surface area contributed by atoms with Crippen LogP contribution in [0.15, 0.2) is 62.7 Å². The molecule has 0 saturated carbocycles. The second-order valence-electron chi connectivity index (χ2n) is 4.16. The molecule has 104 valence electrons. The number of pyridine rings is 1. The van der Waals surface area contributed by atoms with E-state index in [0.29, 0.717) is 11.6 Å². The summed E-state index contributed by atoms with van der Waals surface area (Å²) in [5.74, 6) is 0.0565. The van der Waals surface area contributed by atoms with Crippen molar-refractivity contribution in [2.75, 3.05) is 0 Å². The maximum absolute atomic E-state index is 9.81. The van der Waals surface area contributed by atoms with Gasteiger partial charge in [0, 0.05) is 10.7 Å². The van der Waals surface area contributed by atoms with Crippen molar-refractivity contribution in [3.05, 3.63) is 59.0 Å². The van der Waals surface area contributed by atoms with Gasteiger partial charge in [-0.3, -0.25) is 9.98 Å². The van der Waals surface area contributed by atoms with E-state index in [4.69, 9.17) is 4.42 Å². The maximum Gasteiger partial charge on any atom is 0.312 e. The van der Waals surface area contributed by atoms with Gasteiger partial charge in [0.15, 0.2) is 5.69 Å². The van der Waals surface area contributed by atoms with Crippen molar-refractivity contribution in [1.82, 2.24) is 9.97 Å². The zero-order valence-electron chi connectivity index (χ0n) is 10.8. The molecule has 0 aliphatic carbocycles. The van der Waals surface area contributed by atoms with Gasteiger partial charge in [-0.2, -0.15) is 0 Å². The average molecular weight is 344 g/mol. The van der Waals surface area contributed by atoms with E-state index in [1.807, 2.05) is 24.3 Å². The predicted molar refractivity (Wildman–Crippen MR) is 82.8 cm³/mol. The number of oxazole rings is 1. The minimum Gasteiger partial charge on any atom is -0.479 e. The lowest BCUT2D eigenvalue weighted by atomic mass is 10.2. The van der Waals surface area contributed by atoms with Crippen molar-refractivity contribution in [1.29, 1.82) is 0 Å². The number of hydrogen-bond donors (Lipinski definition) is 1. The molecule has 0 saturated heterocycles. The Morgan fingerprint density at radius 2 is 2.05 bits per heavy atom. The van der Waals surface area contributed by atoms with Gasteiger partial charge in [0.25, 0.3) is 0 Å². The van der Waals surface area contributed by atoms with E-state index >= 15 is 0 Å². The van der Waals surface area contributed by atoms with Gasteiger partial charge >= 0.3 is 5.95 Å². The average Bonchev–Trinajstić information content (AvgIpc) is 2.88. The minimum atomic E-state index is -0.270. The third kappa shape index (κ3) is 3.00. The van der Waals surface area contributed by atoms with Crippen molar-refractivity contribution in [2.24, 2.45) is 4.99 Å². The fourth-order valence-corrected chi connectivity index (χ4v) is 2.18. The smallest absolute Gasteiger partial charge is 0.312 e. The zero-order valence-corrected chi connectivity index (χ0v) is 12.4. The van der Waals surface area contributed by atoms with E-state index in [-0.39, 0.29) is 11.6 Å². The topological polar surface area (TPSA) is 71.5 Å². The fraction of sp³-hybridized carbons (Fsp3) is 0. The van der Waals surface area contributed by atoms with Crippen LogP contribution < -0.4 is 0 Å². The highest BCUT2D eigenvalue weighted by Crippen LogP contribution is 2.30. The van der Waals surface area contributed by atoms with Crippen molar-refractivity contribution >= 4 is 27.8 Å². The van der Waals surface area contributed by atoms with Crippen molar-refractivity contribution in [3.8, 4) is 17.4 Å². The van der Waals surface area contributed by atoms with Crippen LogP contribution in [0.4, 0.5) is 5.69 Å². The second-order valence-corrected chi connectivity index (χ2v) is 5.01. The standard InChI is InChI=1S/C15H10BrN3O2/c16-12-6-2-1-5-11(12)14-19-13(15(20)21-14)9-18-10-4-3-7-17-8-10/h1-9,20H. The van der Waals surface area contributed by atoms with Crippen LogP contribution in [0.5, 0.6) is 5.95 Å². The molecule has 1 aromatic carbocycles. The Hall–Kier alpha value is -2.47. The van der Waals surface area contributed by atoms with E-state index in [2.05, 4.69) is 30.9 Å². The lowest BCUT2D eigenvalue weighted by molar-refractivity contribution is 0.337. The van der Waals surface area contributed by atoms with Gasteiger partial charge in [-0.1, -0.05) is 12.1 Å². The van der Waals surface area contributed by atoms with Gasteiger partial charge in [0.2, 0.25) is 5.89 Å². The van der Waals surface area contributed by atoms with Crippen LogP contribution in [-0.2, 0) is 0 Å². The molecule has 0 aliphatic rings. The summed E-state index contributed by atoms with van der Waals surface area (Å²) in [6, 6.07) is 11.1. The van der Waals surface area contributed by atoms with Crippen LogP contribution in [0.1, 0.15) is 5.69 Å². The number of hydrogen-bond acceptors (Lipinski definition) is 5. The van der Waals surface area contributed by atoms with Gasteiger partial charge in [0.05, 0.1) is 23.7 Å². The predicted octanol–water partition coefficient (Wildman–Crippen LogP) is 3.96. The lowest BCUT2D eigenvalue weighted by Crippen LogP contribution is -1.83. The van der Waals surface area contributed by atoms with Crippen LogP contribution in [0.3, 0.4) is 0 Å². The molecule has 0 aliphatic heterocycles. The summed E-state index contributed by atoms with van der Waals surface area (Å²) in [6.45, 7) is 0. The number of aromatic hydroxyl groups is 1. The van der Waals surface area contributed by atoms with Crippen molar-refractivity contribution in [2.45, 2.75) is 0 Å². The third-order valence-electron chi connectivity index (χ3n) is 2.72. The summed E-state index contributed by atoms with van der Waals surface area (Å²) >= 11 is 3.42. The first-order chi connectivity index (χ1) is 10.2. The Kier molecular flexibility index (Phi) is 3.79. The number of benzene rings is 1. The van der Waals surface area contributed by atoms with E-state index < -0.39 is 0 Å². The molecule has 21 heavy (non-hydrogen) atoms. The van der Waals surface area contributed by atoms with Crippen LogP contribution in [0.25, 0.3) is 11.5 Å². The summed E-state index contributed by atoms with van der Waals surface area (Å²) in [5.41, 5.74) is 1.70. The third-order valence-corrected chi connectivity index (χ3v) is 3.41. The monoisotopic (exact) mass is 343 g/mol. The minimum absolute atomic E-state index is 0.268. The van der Waals surface area contributed by atoms with E-state index in [1.54, 1.807) is 24.5 Å². The summed E-state index contributed by atoms with van der Waals surface area (Å²) < 4.78 is 6.11. The second kappa shape index (κ2) is 5.88. The fourth-order valence-electron chi connectivity index (χ4n) is 1.72. The summed E-state index contributed by atoms with van der Waals surface area (Å²) in [4.78, 5) is 12.4. The van der Waals surface area contributed by atoms with Crippen molar-refractivity contribution < 1.29 is 9.52 Å². The molecule has 0 bridgehead atoms. The number of halogens is 1. The number of rotatable bonds is 3. The number of aromatic nitrogens is 2. The van der Waals surface area contributed by atoms with Crippen LogP contribution >= 0.6 is 15.9 Å². The quantitative estimate of drug-likeness (QED) is 0.730. The Labute approximate surface area is 129 Å². The number of aliphatic imine (C=N–C) groups is 1.